The maximum atomic E-state index is 11.5. The topological polar surface area (TPSA) is 161 Å². The second-order valence-electron chi connectivity index (χ2n) is 9.59. The van der Waals surface area contributed by atoms with E-state index < -0.39 is 23.9 Å². The lowest BCUT2D eigenvalue weighted by molar-refractivity contribution is -0.256. The van der Waals surface area contributed by atoms with Crippen molar-refractivity contribution in [2.45, 2.75) is 0 Å². The first-order valence-corrected chi connectivity index (χ1v) is 14.4. The van der Waals surface area contributed by atoms with E-state index in [1.54, 1.807) is 48.5 Å². The molecule has 0 heterocycles. The number of carbonyl (C=O) groups is 4. The molecular formula is C34H16Br2O8-4. The quantitative estimate of drug-likeness (QED) is 0.237. The summed E-state index contributed by atoms with van der Waals surface area (Å²) in [7, 11) is 0. The molecule has 0 atom stereocenters. The Morgan fingerprint density at radius 2 is 0.500 bits per heavy atom. The second kappa shape index (κ2) is 12.3. The highest BCUT2D eigenvalue weighted by molar-refractivity contribution is 9.11. The average molecular weight is 712 g/mol. The predicted octanol–water partition coefficient (Wildman–Crippen LogP) is 3.33. The SMILES string of the molecule is O=C([O-])c1ccc(-c2c(Br)c(-c3ccc(C(=O)[O-])cc3)c(-c3ccc(C(=O)[O-])cc3)c(Br)c2-c2ccc(C(=O)[O-])cc2)cc1. The maximum Gasteiger partial charge on any atom is 0.0715 e. The number of benzene rings is 5. The molecule has 5 aromatic carbocycles. The summed E-state index contributed by atoms with van der Waals surface area (Å²) in [6.45, 7) is 0. The second-order valence-corrected chi connectivity index (χ2v) is 11.2. The van der Waals surface area contributed by atoms with Gasteiger partial charge in [0.25, 0.3) is 0 Å². The number of rotatable bonds is 8. The van der Waals surface area contributed by atoms with Gasteiger partial charge in [0.15, 0.2) is 0 Å². The van der Waals surface area contributed by atoms with Crippen LogP contribution >= 0.6 is 31.9 Å². The molecule has 5 rings (SSSR count). The smallest absolute Gasteiger partial charge is 0.0715 e. The van der Waals surface area contributed by atoms with Crippen molar-refractivity contribution in [1.82, 2.24) is 0 Å². The van der Waals surface area contributed by atoms with E-state index in [1.807, 2.05) is 0 Å². The van der Waals surface area contributed by atoms with Crippen molar-refractivity contribution in [3.63, 3.8) is 0 Å². The van der Waals surface area contributed by atoms with Crippen LogP contribution in [0.2, 0.25) is 0 Å². The summed E-state index contributed by atoms with van der Waals surface area (Å²) >= 11 is 7.54. The van der Waals surface area contributed by atoms with E-state index in [4.69, 9.17) is 0 Å². The first-order valence-electron chi connectivity index (χ1n) is 12.8. The Bertz CT molecular complexity index is 1660. The van der Waals surface area contributed by atoms with Gasteiger partial charge >= 0.3 is 0 Å². The Labute approximate surface area is 267 Å². The molecule has 0 fully saturated rings. The third kappa shape index (κ3) is 5.77. The number of carbonyl (C=O) groups excluding carboxylic acids is 4. The van der Waals surface area contributed by atoms with E-state index in [0.717, 1.165) is 0 Å². The molecule has 8 nitrogen and oxygen atoms in total. The van der Waals surface area contributed by atoms with Crippen LogP contribution in [0.3, 0.4) is 0 Å². The van der Waals surface area contributed by atoms with Crippen molar-refractivity contribution in [2.75, 3.05) is 0 Å². The van der Waals surface area contributed by atoms with Gasteiger partial charge in [-0.3, -0.25) is 0 Å². The Hall–Kier alpha value is -5.06. The van der Waals surface area contributed by atoms with Gasteiger partial charge in [0.2, 0.25) is 0 Å². The summed E-state index contributed by atoms with van der Waals surface area (Å²) in [5, 5.41) is 45.8. The fourth-order valence-electron chi connectivity index (χ4n) is 4.87. The van der Waals surface area contributed by atoms with Crippen LogP contribution < -0.4 is 20.4 Å². The first kappa shape index (κ1) is 30.4. The number of carboxylic acids is 4. The molecule has 10 heteroatoms. The molecule has 0 saturated carbocycles. The van der Waals surface area contributed by atoms with Gasteiger partial charge in [-0.1, -0.05) is 97.1 Å². The van der Waals surface area contributed by atoms with E-state index in [1.165, 1.54) is 48.5 Å². The lowest BCUT2D eigenvalue weighted by Crippen LogP contribution is -2.22. The van der Waals surface area contributed by atoms with Crippen molar-refractivity contribution >= 4 is 55.7 Å². The highest BCUT2D eigenvalue weighted by Crippen LogP contribution is 2.53. The molecule has 0 bridgehead atoms. The summed E-state index contributed by atoms with van der Waals surface area (Å²) in [6, 6.07) is 24.0. The zero-order chi connectivity index (χ0) is 31.7. The van der Waals surface area contributed by atoms with Crippen molar-refractivity contribution in [3.05, 3.63) is 128 Å². The van der Waals surface area contributed by atoms with Gasteiger partial charge in [-0.05, 0) is 76.4 Å². The molecule has 44 heavy (non-hydrogen) atoms. The largest absolute Gasteiger partial charge is 0.545 e. The van der Waals surface area contributed by atoms with Gasteiger partial charge in [0, 0.05) is 31.2 Å². The lowest BCUT2D eigenvalue weighted by atomic mass is 9.85. The minimum absolute atomic E-state index is 0.0356. The molecule has 0 N–H and O–H groups in total. The fraction of sp³-hybridized carbons (Fsp3) is 0. The van der Waals surface area contributed by atoms with Crippen LogP contribution in [-0.2, 0) is 0 Å². The van der Waals surface area contributed by atoms with Crippen molar-refractivity contribution < 1.29 is 39.6 Å². The van der Waals surface area contributed by atoms with Gasteiger partial charge in [-0.15, -0.1) is 0 Å². The van der Waals surface area contributed by atoms with E-state index in [-0.39, 0.29) is 22.3 Å². The van der Waals surface area contributed by atoms with Crippen LogP contribution in [0.1, 0.15) is 41.4 Å². The standard InChI is InChI=1S/C34H20Br2O8/c35-29-25(17-1-9-21(10-2-17)31(37)38)26(18-3-11-22(12-4-18)32(39)40)30(36)28(20-7-15-24(16-8-20)34(43)44)27(29)19-5-13-23(14-6-19)33(41)42/h1-16H,(H,37,38)(H,39,40)(H,41,42)(H,43,44)/p-4. The molecule has 0 radical (unpaired) electrons. The molecule has 0 aliphatic carbocycles. The van der Waals surface area contributed by atoms with Gasteiger partial charge in [-0.2, -0.15) is 0 Å². The Balaban J connectivity index is 1.90. The predicted molar refractivity (Wildman–Crippen MR) is 161 cm³/mol. The van der Waals surface area contributed by atoms with Gasteiger partial charge < -0.3 is 39.6 Å². The molecule has 0 aromatic heterocycles. The molecule has 0 saturated heterocycles. The minimum atomic E-state index is -1.35. The lowest BCUT2D eigenvalue weighted by Gasteiger charge is -2.24. The van der Waals surface area contributed by atoms with Crippen molar-refractivity contribution in [3.8, 4) is 44.5 Å². The third-order valence-corrected chi connectivity index (χ3v) is 8.60. The molecular weight excluding hydrogens is 696 g/mol. The zero-order valence-electron chi connectivity index (χ0n) is 22.3. The number of carboxylic acid groups (broad SMARTS) is 4. The molecule has 0 aliphatic rings. The Kier molecular flexibility index (Phi) is 8.48. The number of aromatic carboxylic acids is 4. The summed E-state index contributed by atoms with van der Waals surface area (Å²) < 4.78 is 1.06. The van der Waals surface area contributed by atoms with Crippen LogP contribution in [0.4, 0.5) is 0 Å². The van der Waals surface area contributed by atoms with Gasteiger partial charge in [0.05, 0.1) is 23.9 Å². The van der Waals surface area contributed by atoms with E-state index >= 15 is 0 Å². The monoisotopic (exact) mass is 710 g/mol. The molecule has 0 aliphatic heterocycles. The first-order chi connectivity index (χ1) is 21.0. The summed E-state index contributed by atoms with van der Waals surface area (Å²) in [6.07, 6.45) is 0. The third-order valence-electron chi connectivity index (χ3n) is 7.02. The van der Waals surface area contributed by atoms with Crippen molar-refractivity contribution in [1.29, 1.82) is 0 Å². The van der Waals surface area contributed by atoms with Crippen LogP contribution in [0.5, 0.6) is 0 Å². The zero-order valence-corrected chi connectivity index (χ0v) is 25.4. The summed E-state index contributed by atoms with van der Waals surface area (Å²) in [4.78, 5) is 45.8. The summed E-state index contributed by atoms with van der Waals surface area (Å²) in [5.74, 6) is -5.39. The van der Waals surface area contributed by atoms with Crippen molar-refractivity contribution in [2.24, 2.45) is 0 Å². The van der Waals surface area contributed by atoms with Crippen LogP contribution in [0.15, 0.2) is 106 Å². The van der Waals surface area contributed by atoms with E-state index in [0.29, 0.717) is 53.5 Å². The maximum absolute atomic E-state index is 11.5. The van der Waals surface area contributed by atoms with Gasteiger partial charge in [0.1, 0.15) is 0 Å². The number of hydrogen-bond acceptors (Lipinski definition) is 8. The van der Waals surface area contributed by atoms with E-state index in [9.17, 15) is 39.6 Å². The normalized spacial score (nSPS) is 10.8. The molecule has 218 valence electrons. The van der Waals surface area contributed by atoms with E-state index in [2.05, 4.69) is 31.9 Å². The number of halogens is 2. The number of hydrogen-bond donors (Lipinski definition) is 0. The highest BCUT2D eigenvalue weighted by Gasteiger charge is 2.26. The van der Waals surface area contributed by atoms with Crippen LogP contribution in [0, 0.1) is 0 Å². The molecule has 0 spiro atoms. The highest BCUT2D eigenvalue weighted by atomic mass is 79.9. The van der Waals surface area contributed by atoms with Gasteiger partial charge in [-0.25, -0.2) is 0 Å². The summed E-state index contributed by atoms with van der Waals surface area (Å²) in [5.41, 5.74) is 4.60. The van der Waals surface area contributed by atoms with Crippen LogP contribution in [0.25, 0.3) is 44.5 Å². The molecule has 0 amide bonds. The van der Waals surface area contributed by atoms with Crippen LogP contribution in [-0.4, -0.2) is 23.9 Å². The average Bonchev–Trinajstić information content (AvgIpc) is 3.01. The minimum Gasteiger partial charge on any atom is -0.545 e. The fourth-order valence-corrected chi connectivity index (χ4v) is 6.57. The molecule has 0 unspecified atom stereocenters. The molecule has 5 aromatic rings. The Morgan fingerprint density at radius 3 is 0.636 bits per heavy atom. The Morgan fingerprint density at radius 1 is 0.341 bits per heavy atom.